The molecule has 0 aliphatic rings. The van der Waals surface area contributed by atoms with Gasteiger partial charge >= 0.3 is 0 Å². The first kappa shape index (κ1) is 18.1. The Labute approximate surface area is 189 Å². The molecule has 1 N–H and O–H groups in total. The molecule has 2 heterocycles. The number of phenols is 1. The first-order valence-electron chi connectivity index (χ1n) is 11.0. The van der Waals surface area contributed by atoms with E-state index in [1.165, 1.54) is 16.3 Å². The van der Waals surface area contributed by atoms with Gasteiger partial charge in [0.05, 0.1) is 16.4 Å². The summed E-state index contributed by atoms with van der Waals surface area (Å²) in [6.07, 6.45) is 0. The molecule has 0 bridgehead atoms. The predicted octanol–water partition coefficient (Wildman–Crippen LogP) is 8.06. The van der Waals surface area contributed by atoms with Crippen LogP contribution < -0.4 is 0 Å². The Hall–Kier alpha value is -4.50. The number of rotatable bonds is 2. The van der Waals surface area contributed by atoms with E-state index in [1.54, 1.807) is 0 Å². The van der Waals surface area contributed by atoms with E-state index in [9.17, 15) is 5.11 Å². The second kappa shape index (κ2) is 6.75. The third-order valence-electron chi connectivity index (χ3n) is 6.48. The maximum atomic E-state index is 10.9. The fourth-order valence-corrected chi connectivity index (χ4v) is 5.01. The Morgan fingerprint density at radius 1 is 0.545 bits per heavy atom. The zero-order valence-corrected chi connectivity index (χ0v) is 17.7. The highest BCUT2D eigenvalue weighted by atomic mass is 16.3. The lowest BCUT2D eigenvalue weighted by atomic mass is 10.0. The molecule has 0 fully saturated rings. The van der Waals surface area contributed by atoms with Crippen LogP contribution in [0.5, 0.6) is 5.75 Å². The Kier molecular flexibility index (Phi) is 3.70. The number of fused-ring (bicyclic) bond motifs is 6. The van der Waals surface area contributed by atoms with Crippen molar-refractivity contribution in [1.29, 1.82) is 0 Å². The average Bonchev–Trinajstić information content (AvgIpc) is 3.40. The summed E-state index contributed by atoms with van der Waals surface area (Å²) in [5, 5.41) is 14.9. The van der Waals surface area contributed by atoms with E-state index in [2.05, 4.69) is 71.3 Å². The molecule has 0 unspecified atom stereocenters. The van der Waals surface area contributed by atoms with Gasteiger partial charge in [-0.25, -0.2) is 0 Å². The number of hydrogen-bond donors (Lipinski definition) is 1. The summed E-state index contributed by atoms with van der Waals surface area (Å²) in [5.74, 6) is 0.235. The quantitative estimate of drug-likeness (QED) is 0.304. The maximum Gasteiger partial charge on any atom is 0.139 e. The predicted molar refractivity (Wildman–Crippen MR) is 135 cm³/mol. The van der Waals surface area contributed by atoms with Gasteiger partial charge < -0.3 is 14.1 Å². The van der Waals surface area contributed by atoms with Crippen LogP contribution in [0.2, 0.25) is 0 Å². The Balaban J connectivity index is 1.49. The number of aromatic nitrogens is 1. The van der Waals surface area contributed by atoms with Crippen LogP contribution in [0.3, 0.4) is 0 Å². The van der Waals surface area contributed by atoms with Crippen LogP contribution in [-0.4, -0.2) is 9.67 Å². The van der Waals surface area contributed by atoms with Crippen LogP contribution in [0.15, 0.2) is 114 Å². The molecule has 0 spiro atoms. The van der Waals surface area contributed by atoms with Gasteiger partial charge in [0.15, 0.2) is 0 Å². The molecule has 0 atom stereocenters. The minimum Gasteiger partial charge on any atom is -0.507 e. The van der Waals surface area contributed by atoms with Crippen molar-refractivity contribution >= 4 is 43.7 Å². The molecule has 0 amide bonds. The Morgan fingerprint density at radius 3 is 2.15 bits per heavy atom. The summed E-state index contributed by atoms with van der Waals surface area (Å²) >= 11 is 0. The van der Waals surface area contributed by atoms with E-state index < -0.39 is 0 Å². The lowest BCUT2D eigenvalue weighted by molar-refractivity contribution is 0.482. The SMILES string of the molecule is Oc1cc(-c2ccc3c(c2)c2ccccc2n3-c2ccccc2)cc2oc3ccccc3c12. The molecule has 5 aromatic carbocycles. The van der Waals surface area contributed by atoms with Crippen LogP contribution in [0.1, 0.15) is 0 Å². The summed E-state index contributed by atoms with van der Waals surface area (Å²) in [7, 11) is 0. The van der Waals surface area contributed by atoms with Crippen molar-refractivity contribution < 1.29 is 9.52 Å². The minimum absolute atomic E-state index is 0.235. The smallest absolute Gasteiger partial charge is 0.139 e. The van der Waals surface area contributed by atoms with Crippen LogP contribution in [-0.2, 0) is 0 Å². The van der Waals surface area contributed by atoms with Crippen LogP contribution >= 0.6 is 0 Å². The normalized spacial score (nSPS) is 11.8. The third-order valence-corrected chi connectivity index (χ3v) is 6.48. The first-order chi connectivity index (χ1) is 16.3. The van der Waals surface area contributed by atoms with E-state index in [4.69, 9.17) is 4.42 Å². The minimum atomic E-state index is 0.235. The van der Waals surface area contributed by atoms with Crippen molar-refractivity contribution in [2.24, 2.45) is 0 Å². The van der Waals surface area contributed by atoms with Gasteiger partial charge in [0, 0.05) is 21.8 Å². The summed E-state index contributed by atoms with van der Waals surface area (Å²) in [4.78, 5) is 0. The maximum absolute atomic E-state index is 10.9. The number of para-hydroxylation sites is 3. The molecule has 2 aromatic heterocycles. The molecule has 7 aromatic rings. The largest absolute Gasteiger partial charge is 0.507 e. The number of phenolic OH excluding ortho intramolecular Hbond substituents is 1. The number of nitrogens with zero attached hydrogens (tertiary/aromatic N) is 1. The van der Waals surface area contributed by atoms with Gasteiger partial charge in [0.1, 0.15) is 16.9 Å². The zero-order chi connectivity index (χ0) is 21.9. The summed E-state index contributed by atoms with van der Waals surface area (Å²) in [6.45, 7) is 0. The number of furan rings is 1. The Morgan fingerprint density at radius 2 is 1.27 bits per heavy atom. The lowest BCUT2D eigenvalue weighted by Crippen LogP contribution is -1.92. The van der Waals surface area contributed by atoms with E-state index in [0.717, 1.165) is 38.7 Å². The van der Waals surface area contributed by atoms with Gasteiger partial charge in [0.25, 0.3) is 0 Å². The fourth-order valence-electron chi connectivity index (χ4n) is 5.01. The standard InChI is InChI=1S/C30H19NO2/c32-27-17-20(18-29-30(27)23-11-5-7-13-28(23)33-29)19-14-15-26-24(16-19)22-10-4-6-12-25(22)31(26)21-8-2-1-3-9-21/h1-18,32H. The van der Waals surface area contributed by atoms with Gasteiger partial charge in [0.2, 0.25) is 0 Å². The lowest BCUT2D eigenvalue weighted by Gasteiger charge is -2.08. The third kappa shape index (κ3) is 2.63. The van der Waals surface area contributed by atoms with Crippen molar-refractivity contribution in [3.05, 3.63) is 109 Å². The highest BCUT2D eigenvalue weighted by Gasteiger charge is 2.16. The molecule has 3 nitrogen and oxygen atoms in total. The molecule has 33 heavy (non-hydrogen) atoms. The molecule has 0 radical (unpaired) electrons. The van der Waals surface area contributed by atoms with Gasteiger partial charge in [-0.05, 0) is 59.7 Å². The molecule has 0 saturated heterocycles. The number of benzene rings is 5. The monoisotopic (exact) mass is 425 g/mol. The molecule has 0 aliphatic carbocycles. The van der Waals surface area contributed by atoms with E-state index in [0.29, 0.717) is 5.58 Å². The molecule has 0 saturated carbocycles. The molecule has 3 heteroatoms. The van der Waals surface area contributed by atoms with Crippen molar-refractivity contribution in [2.45, 2.75) is 0 Å². The van der Waals surface area contributed by atoms with Crippen LogP contribution in [0.4, 0.5) is 0 Å². The van der Waals surface area contributed by atoms with E-state index >= 15 is 0 Å². The molecule has 0 aliphatic heterocycles. The van der Waals surface area contributed by atoms with E-state index in [1.807, 2.05) is 42.5 Å². The summed E-state index contributed by atoms with van der Waals surface area (Å²) in [6, 6.07) is 37.1. The van der Waals surface area contributed by atoms with Crippen molar-refractivity contribution in [2.75, 3.05) is 0 Å². The molecule has 156 valence electrons. The fraction of sp³-hybridized carbons (Fsp3) is 0. The second-order valence-electron chi connectivity index (χ2n) is 8.39. The van der Waals surface area contributed by atoms with Gasteiger partial charge in [-0.3, -0.25) is 0 Å². The second-order valence-corrected chi connectivity index (χ2v) is 8.39. The molecule has 7 rings (SSSR count). The van der Waals surface area contributed by atoms with Gasteiger partial charge in [-0.1, -0.05) is 60.7 Å². The first-order valence-corrected chi connectivity index (χ1v) is 11.0. The Bertz CT molecular complexity index is 1820. The van der Waals surface area contributed by atoms with Crippen molar-refractivity contribution in [1.82, 2.24) is 4.57 Å². The van der Waals surface area contributed by atoms with Crippen molar-refractivity contribution in [3.63, 3.8) is 0 Å². The average molecular weight is 425 g/mol. The molecular weight excluding hydrogens is 406 g/mol. The topological polar surface area (TPSA) is 38.3 Å². The highest BCUT2D eigenvalue weighted by Crippen LogP contribution is 2.40. The van der Waals surface area contributed by atoms with Crippen LogP contribution in [0.25, 0.3) is 60.6 Å². The zero-order valence-electron chi connectivity index (χ0n) is 17.7. The van der Waals surface area contributed by atoms with Gasteiger partial charge in [-0.2, -0.15) is 0 Å². The highest BCUT2D eigenvalue weighted by molar-refractivity contribution is 6.12. The van der Waals surface area contributed by atoms with Gasteiger partial charge in [-0.15, -0.1) is 0 Å². The number of hydrogen-bond acceptors (Lipinski definition) is 2. The van der Waals surface area contributed by atoms with Crippen LogP contribution in [0, 0.1) is 0 Å². The number of aromatic hydroxyl groups is 1. The molecular formula is C30H19NO2. The van der Waals surface area contributed by atoms with Crippen molar-refractivity contribution in [3.8, 4) is 22.6 Å². The summed E-state index contributed by atoms with van der Waals surface area (Å²) in [5.41, 5.74) is 6.90. The van der Waals surface area contributed by atoms with E-state index in [-0.39, 0.29) is 5.75 Å². The summed E-state index contributed by atoms with van der Waals surface area (Å²) < 4.78 is 8.35.